The molecule has 0 aliphatic carbocycles. The first-order chi connectivity index (χ1) is 10.2. The second-order valence-electron chi connectivity index (χ2n) is 4.26. The summed E-state index contributed by atoms with van der Waals surface area (Å²) in [5.41, 5.74) is 2.92. The first kappa shape index (κ1) is 12.4. The van der Waals surface area contributed by atoms with Gasteiger partial charge in [0.05, 0.1) is 12.5 Å². The third-order valence-corrected chi connectivity index (χ3v) is 4.20. The average Bonchev–Trinajstić information content (AvgIpc) is 3.03. The number of aryl methyl sites for hydroxylation is 1. The SMILES string of the molecule is Cn1c(Sc2nc3ncncc3[nH]2)nc2c(=S)nc[nH]c21. The summed E-state index contributed by atoms with van der Waals surface area (Å²) in [7, 11) is 1.91. The van der Waals surface area contributed by atoms with Gasteiger partial charge in [0.2, 0.25) is 0 Å². The van der Waals surface area contributed by atoms with E-state index in [0.717, 1.165) is 16.3 Å². The summed E-state index contributed by atoms with van der Waals surface area (Å²) >= 11 is 6.58. The molecule has 2 N–H and O–H groups in total. The molecule has 0 aliphatic heterocycles. The zero-order chi connectivity index (χ0) is 14.4. The van der Waals surface area contributed by atoms with Crippen LogP contribution in [0, 0.1) is 4.64 Å². The number of hydrogen-bond donors (Lipinski definition) is 2. The van der Waals surface area contributed by atoms with Crippen LogP contribution in [0.15, 0.2) is 29.2 Å². The molecule has 4 aromatic rings. The number of hydrogen-bond acceptors (Lipinski definition) is 7. The normalized spacial score (nSPS) is 11.5. The molecule has 0 unspecified atom stereocenters. The van der Waals surface area contributed by atoms with Gasteiger partial charge in [0, 0.05) is 7.05 Å². The minimum Gasteiger partial charge on any atom is -0.330 e. The standard InChI is InChI=1S/C11H8N8S2/c1-19-8-6(9(20)15-4-14-8)17-11(19)21-10-16-5-2-12-3-13-7(5)18-10/h2-4H,1H3,(H,14,15,20)(H,12,13,16,18). The summed E-state index contributed by atoms with van der Waals surface area (Å²) in [4.78, 5) is 27.2. The smallest absolute Gasteiger partial charge is 0.181 e. The minimum absolute atomic E-state index is 0.474. The van der Waals surface area contributed by atoms with Gasteiger partial charge in [-0.2, -0.15) is 0 Å². The Bertz CT molecular complexity index is 981. The number of imidazole rings is 2. The third-order valence-electron chi connectivity index (χ3n) is 2.97. The summed E-state index contributed by atoms with van der Waals surface area (Å²) in [5.74, 6) is 0. The number of nitrogens with one attached hydrogen (secondary N) is 2. The lowest BCUT2D eigenvalue weighted by molar-refractivity contribution is 0.802. The zero-order valence-corrected chi connectivity index (χ0v) is 12.4. The van der Waals surface area contributed by atoms with Gasteiger partial charge in [0.15, 0.2) is 20.6 Å². The quantitative estimate of drug-likeness (QED) is 0.544. The number of fused-ring (bicyclic) bond motifs is 2. The van der Waals surface area contributed by atoms with Crippen LogP contribution in [-0.2, 0) is 7.05 Å². The second-order valence-corrected chi connectivity index (χ2v) is 5.61. The van der Waals surface area contributed by atoms with Crippen molar-refractivity contribution in [1.82, 2.24) is 39.5 Å². The molecule has 0 atom stereocenters. The van der Waals surface area contributed by atoms with E-state index in [-0.39, 0.29) is 0 Å². The minimum atomic E-state index is 0.474. The molecule has 0 fully saturated rings. The van der Waals surface area contributed by atoms with Crippen molar-refractivity contribution in [2.45, 2.75) is 10.3 Å². The Hall–Kier alpha value is -2.33. The molecule has 104 valence electrons. The van der Waals surface area contributed by atoms with E-state index in [4.69, 9.17) is 12.2 Å². The van der Waals surface area contributed by atoms with E-state index >= 15 is 0 Å². The van der Waals surface area contributed by atoms with Crippen LogP contribution in [0.1, 0.15) is 0 Å². The zero-order valence-electron chi connectivity index (χ0n) is 10.7. The van der Waals surface area contributed by atoms with Crippen LogP contribution in [0.5, 0.6) is 0 Å². The molecule has 0 aromatic carbocycles. The van der Waals surface area contributed by atoms with Gasteiger partial charge < -0.3 is 14.5 Å². The molecule has 8 nitrogen and oxygen atoms in total. The predicted octanol–water partition coefficient (Wildman–Crippen LogP) is 1.84. The highest BCUT2D eigenvalue weighted by Crippen LogP contribution is 2.27. The van der Waals surface area contributed by atoms with Gasteiger partial charge in [-0.1, -0.05) is 12.2 Å². The van der Waals surface area contributed by atoms with E-state index in [2.05, 4.69) is 34.9 Å². The van der Waals surface area contributed by atoms with Crippen LogP contribution in [0.25, 0.3) is 22.3 Å². The van der Waals surface area contributed by atoms with E-state index in [0.29, 0.717) is 21.0 Å². The Morgan fingerprint density at radius 1 is 1.29 bits per heavy atom. The van der Waals surface area contributed by atoms with Crippen LogP contribution >= 0.6 is 24.0 Å². The maximum Gasteiger partial charge on any atom is 0.181 e. The summed E-state index contributed by atoms with van der Waals surface area (Å²) in [6, 6.07) is 0. The summed E-state index contributed by atoms with van der Waals surface area (Å²) in [6.07, 6.45) is 4.72. The number of aromatic nitrogens is 8. The maximum absolute atomic E-state index is 5.19. The van der Waals surface area contributed by atoms with Gasteiger partial charge >= 0.3 is 0 Å². The molecule has 4 aromatic heterocycles. The van der Waals surface area contributed by atoms with E-state index < -0.39 is 0 Å². The molecule has 0 aliphatic rings. The second kappa shape index (κ2) is 4.60. The van der Waals surface area contributed by atoms with Gasteiger partial charge in [-0.15, -0.1) is 0 Å². The Kier molecular flexibility index (Phi) is 2.72. The molecule has 0 spiro atoms. The van der Waals surface area contributed by atoms with Crippen LogP contribution in [-0.4, -0.2) is 39.5 Å². The van der Waals surface area contributed by atoms with Crippen LogP contribution in [0.2, 0.25) is 0 Å². The highest BCUT2D eigenvalue weighted by Gasteiger charge is 2.13. The van der Waals surface area contributed by atoms with Crippen molar-refractivity contribution in [3.63, 3.8) is 0 Å². The molecule has 0 saturated heterocycles. The fraction of sp³-hybridized carbons (Fsp3) is 0.0909. The number of H-pyrrole nitrogens is 2. The summed E-state index contributed by atoms with van der Waals surface area (Å²) in [5, 5.41) is 1.45. The predicted molar refractivity (Wildman–Crippen MR) is 79.5 cm³/mol. The van der Waals surface area contributed by atoms with Gasteiger partial charge in [-0.05, 0) is 11.8 Å². The Balaban J connectivity index is 1.82. The van der Waals surface area contributed by atoms with E-state index in [1.165, 1.54) is 18.1 Å². The molecule has 4 rings (SSSR count). The fourth-order valence-corrected chi connectivity index (χ4v) is 3.00. The van der Waals surface area contributed by atoms with Gasteiger partial charge in [0.25, 0.3) is 0 Å². The number of aromatic amines is 2. The largest absolute Gasteiger partial charge is 0.330 e. The van der Waals surface area contributed by atoms with Gasteiger partial charge in [0.1, 0.15) is 23.0 Å². The average molecular weight is 316 g/mol. The highest BCUT2D eigenvalue weighted by molar-refractivity contribution is 7.99. The van der Waals surface area contributed by atoms with Crippen molar-refractivity contribution in [2.75, 3.05) is 0 Å². The molecule has 10 heteroatoms. The van der Waals surface area contributed by atoms with Crippen molar-refractivity contribution in [1.29, 1.82) is 0 Å². The highest BCUT2D eigenvalue weighted by atomic mass is 32.2. The Morgan fingerprint density at radius 3 is 3.00 bits per heavy atom. The molecular formula is C11H8N8S2. The maximum atomic E-state index is 5.19. The van der Waals surface area contributed by atoms with Crippen LogP contribution in [0.3, 0.4) is 0 Å². The first-order valence-corrected chi connectivity index (χ1v) is 7.18. The fourth-order valence-electron chi connectivity index (χ4n) is 1.97. The van der Waals surface area contributed by atoms with E-state index in [1.807, 2.05) is 11.6 Å². The number of nitrogens with zero attached hydrogens (tertiary/aromatic N) is 6. The van der Waals surface area contributed by atoms with Crippen molar-refractivity contribution < 1.29 is 0 Å². The van der Waals surface area contributed by atoms with E-state index in [9.17, 15) is 0 Å². The van der Waals surface area contributed by atoms with Gasteiger partial charge in [-0.25, -0.2) is 24.9 Å². The molecule has 0 radical (unpaired) electrons. The lowest BCUT2D eigenvalue weighted by Crippen LogP contribution is -1.92. The first-order valence-electron chi connectivity index (χ1n) is 5.96. The topological polar surface area (TPSA) is 101 Å². The Labute approximate surface area is 127 Å². The van der Waals surface area contributed by atoms with Crippen molar-refractivity contribution in [2.24, 2.45) is 7.05 Å². The summed E-state index contributed by atoms with van der Waals surface area (Å²) in [6.45, 7) is 0. The monoisotopic (exact) mass is 316 g/mol. The molecule has 21 heavy (non-hydrogen) atoms. The van der Waals surface area contributed by atoms with Crippen molar-refractivity contribution >= 4 is 46.3 Å². The van der Waals surface area contributed by atoms with Crippen molar-refractivity contribution in [3.05, 3.63) is 23.5 Å². The van der Waals surface area contributed by atoms with Crippen LogP contribution < -0.4 is 0 Å². The lowest BCUT2D eigenvalue weighted by Gasteiger charge is -1.98. The molecule has 0 bridgehead atoms. The van der Waals surface area contributed by atoms with Crippen molar-refractivity contribution in [3.8, 4) is 0 Å². The molecule has 0 amide bonds. The van der Waals surface area contributed by atoms with Gasteiger partial charge in [-0.3, -0.25) is 0 Å². The molecule has 4 heterocycles. The van der Waals surface area contributed by atoms with E-state index in [1.54, 1.807) is 12.5 Å². The molecular weight excluding hydrogens is 308 g/mol. The van der Waals surface area contributed by atoms with Crippen LogP contribution in [0.4, 0.5) is 0 Å². The Morgan fingerprint density at radius 2 is 2.19 bits per heavy atom. The summed E-state index contributed by atoms with van der Waals surface area (Å²) < 4.78 is 2.39. The third kappa shape index (κ3) is 1.99. The number of rotatable bonds is 2. The lowest BCUT2D eigenvalue weighted by atomic mass is 10.6. The molecule has 0 saturated carbocycles.